The fourth-order valence-electron chi connectivity index (χ4n) is 2.06. The van der Waals surface area contributed by atoms with Crippen molar-refractivity contribution in [3.05, 3.63) is 36.0 Å². The van der Waals surface area contributed by atoms with Crippen molar-refractivity contribution in [3.63, 3.8) is 0 Å². The lowest BCUT2D eigenvalue weighted by Crippen LogP contribution is -2.39. The van der Waals surface area contributed by atoms with Gasteiger partial charge in [0.1, 0.15) is 0 Å². The lowest BCUT2D eigenvalue weighted by Gasteiger charge is -2.23. The van der Waals surface area contributed by atoms with E-state index in [9.17, 15) is 4.79 Å². The van der Waals surface area contributed by atoms with E-state index in [0.29, 0.717) is 13.0 Å². The average molecular weight is 274 g/mol. The number of carbonyl (C=O) groups is 1. The number of amides is 1. The summed E-state index contributed by atoms with van der Waals surface area (Å²) in [6, 6.07) is 8.14. The topological polar surface area (TPSA) is 54.1 Å². The Morgan fingerprint density at radius 3 is 2.85 bits per heavy atom. The number of para-hydroxylation sites is 1. The predicted molar refractivity (Wildman–Crippen MR) is 80.7 cm³/mol. The Kier molecular flexibility index (Phi) is 4.45. The van der Waals surface area contributed by atoms with Crippen molar-refractivity contribution in [1.29, 1.82) is 0 Å². The third kappa shape index (κ3) is 3.61. The van der Waals surface area contributed by atoms with Gasteiger partial charge in [-0.3, -0.25) is 4.79 Å². The van der Waals surface area contributed by atoms with Crippen LogP contribution < -0.4 is 5.32 Å². The van der Waals surface area contributed by atoms with E-state index in [1.807, 2.05) is 38.2 Å². The summed E-state index contributed by atoms with van der Waals surface area (Å²) in [6.07, 6.45) is 3.21. The smallest absolute Gasteiger partial charge is 0.220 e. The minimum absolute atomic E-state index is 0.0559. The number of nitrogens with one attached hydrogen (secondary N) is 2. The number of hydrogen-bond acceptors (Lipinski definition) is 2. The van der Waals surface area contributed by atoms with Gasteiger partial charge in [0, 0.05) is 37.2 Å². The Hall–Kier alpha value is -1.81. The number of carbonyl (C=O) groups excluding carboxylic acids is 1. The number of aromatic nitrogens is 1. The van der Waals surface area contributed by atoms with Gasteiger partial charge >= 0.3 is 0 Å². The summed E-state index contributed by atoms with van der Waals surface area (Å²) >= 11 is 0. The molecule has 0 radical (unpaired) electrons. The maximum absolute atomic E-state index is 11.9. The van der Waals surface area contributed by atoms with Gasteiger partial charge in [-0.1, -0.05) is 18.2 Å². The highest BCUT2D eigenvalue weighted by Crippen LogP contribution is 2.18. The van der Waals surface area contributed by atoms with Crippen LogP contribution in [0.15, 0.2) is 30.5 Å². The molecular formula is C16H22N2O2. The monoisotopic (exact) mass is 274 g/mol. The Bertz CT molecular complexity index is 587. The number of rotatable bonds is 6. The number of ether oxygens (including phenoxy) is 1. The molecule has 0 saturated carbocycles. The number of hydrogen-bond donors (Lipinski definition) is 2. The molecule has 2 N–H and O–H groups in total. The fraction of sp³-hybridized carbons (Fsp3) is 0.438. The highest BCUT2D eigenvalue weighted by atomic mass is 16.5. The van der Waals surface area contributed by atoms with Gasteiger partial charge < -0.3 is 15.0 Å². The highest BCUT2D eigenvalue weighted by molar-refractivity contribution is 5.84. The molecule has 4 nitrogen and oxygen atoms in total. The Morgan fingerprint density at radius 2 is 2.10 bits per heavy atom. The molecule has 108 valence electrons. The summed E-state index contributed by atoms with van der Waals surface area (Å²) in [5.41, 5.74) is 1.97. The van der Waals surface area contributed by atoms with Gasteiger partial charge in [-0.05, 0) is 31.9 Å². The van der Waals surface area contributed by atoms with E-state index < -0.39 is 0 Å². The first kappa shape index (κ1) is 14.6. The second-order valence-electron chi connectivity index (χ2n) is 5.60. The van der Waals surface area contributed by atoms with Crippen molar-refractivity contribution < 1.29 is 9.53 Å². The van der Waals surface area contributed by atoms with Gasteiger partial charge in [0.25, 0.3) is 0 Å². The van der Waals surface area contributed by atoms with Crippen molar-refractivity contribution in [2.24, 2.45) is 0 Å². The minimum atomic E-state index is -0.323. The molecule has 0 spiro atoms. The van der Waals surface area contributed by atoms with E-state index in [2.05, 4.69) is 16.4 Å². The van der Waals surface area contributed by atoms with Gasteiger partial charge in [0.15, 0.2) is 0 Å². The molecule has 20 heavy (non-hydrogen) atoms. The first-order valence-electron chi connectivity index (χ1n) is 6.89. The summed E-state index contributed by atoms with van der Waals surface area (Å²) < 4.78 is 5.28. The van der Waals surface area contributed by atoms with E-state index in [0.717, 1.165) is 11.9 Å². The van der Waals surface area contributed by atoms with Crippen LogP contribution in [-0.4, -0.2) is 30.1 Å². The zero-order valence-electron chi connectivity index (χ0n) is 12.3. The summed E-state index contributed by atoms with van der Waals surface area (Å²) in [5, 5.41) is 4.10. The lowest BCUT2D eigenvalue weighted by atomic mass is 10.1. The van der Waals surface area contributed by atoms with Gasteiger partial charge in [-0.15, -0.1) is 0 Å². The zero-order chi connectivity index (χ0) is 14.6. The third-order valence-electron chi connectivity index (χ3n) is 3.56. The molecule has 2 aromatic rings. The van der Waals surface area contributed by atoms with Crippen molar-refractivity contribution >= 4 is 16.8 Å². The zero-order valence-corrected chi connectivity index (χ0v) is 12.3. The molecule has 0 saturated heterocycles. The predicted octanol–water partition coefficient (Wildman–Crippen LogP) is 2.64. The number of aromatic amines is 1. The molecule has 0 aliphatic heterocycles. The molecular weight excluding hydrogens is 252 g/mol. The first-order chi connectivity index (χ1) is 9.52. The van der Waals surface area contributed by atoms with E-state index in [1.54, 1.807) is 7.11 Å². The van der Waals surface area contributed by atoms with Crippen LogP contribution in [0.2, 0.25) is 0 Å². The highest BCUT2D eigenvalue weighted by Gasteiger charge is 2.17. The van der Waals surface area contributed by atoms with Gasteiger partial charge in [0.05, 0.1) is 5.60 Å². The molecule has 1 aromatic heterocycles. The van der Waals surface area contributed by atoms with Crippen LogP contribution >= 0.6 is 0 Å². The van der Waals surface area contributed by atoms with Crippen LogP contribution in [0.1, 0.15) is 25.8 Å². The fourth-order valence-corrected chi connectivity index (χ4v) is 2.06. The second-order valence-corrected chi connectivity index (χ2v) is 5.60. The van der Waals surface area contributed by atoms with E-state index in [4.69, 9.17) is 4.74 Å². The van der Waals surface area contributed by atoms with Crippen molar-refractivity contribution in [1.82, 2.24) is 10.3 Å². The van der Waals surface area contributed by atoms with Crippen molar-refractivity contribution in [3.8, 4) is 0 Å². The first-order valence-corrected chi connectivity index (χ1v) is 6.89. The van der Waals surface area contributed by atoms with Crippen molar-refractivity contribution in [2.45, 2.75) is 32.3 Å². The maximum atomic E-state index is 11.9. The van der Waals surface area contributed by atoms with E-state index in [-0.39, 0.29) is 11.5 Å². The van der Waals surface area contributed by atoms with Crippen LogP contribution in [-0.2, 0) is 16.0 Å². The Labute approximate surface area is 119 Å². The Balaban J connectivity index is 1.87. The molecule has 0 fully saturated rings. The summed E-state index contributed by atoms with van der Waals surface area (Å²) in [4.78, 5) is 15.1. The van der Waals surface area contributed by atoms with Gasteiger partial charge in [-0.2, -0.15) is 0 Å². The molecule has 0 aliphatic rings. The lowest BCUT2D eigenvalue weighted by molar-refractivity contribution is -0.122. The molecule has 1 heterocycles. The average Bonchev–Trinajstić information content (AvgIpc) is 2.86. The van der Waals surface area contributed by atoms with Crippen molar-refractivity contribution in [2.75, 3.05) is 13.7 Å². The second kappa shape index (κ2) is 6.09. The Morgan fingerprint density at radius 1 is 1.35 bits per heavy atom. The molecule has 0 unspecified atom stereocenters. The van der Waals surface area contributed by atoms with Crippen LogP contribution in [0.25, 0.3) is 10.9 Å². The molecule has 1 amide bonds. The quantitative estimate of drug-likeness (QED) is 0.851. The van der Waals surface area contributed by atoms with Gasteiger partial charge in [-0.25, -0.2) is 0 Å². The normalized spacial score (nSPS) is 11.8. The number of methoxy groups -OCH3 is 1. The summed E-state index contributed by atoms with van der Waals surface area (Å²) in [5.74, 6) is 0.0559. The van der Waals surface area contributed by atoms with Crippen LogP contribution in [0.4, 0.5) is 0 Å². The number of aryl methyl sites for hydroxylation is 1. The van der Waals surface area contributed by atoms with Gasteiger partial charge in [0.2, 0.25) is 5.91 Å². The number of H-pyrrole nitrogens is 1. The standard InChI is InChI=1S/C16H22N2O2/c1-16(2,20-3)11-18-15(19)9-8-12-10-17-14-7-5-4-6-13(12)14/h4-7,10,17H,8-9,11H2,1-3H3,(H,18,19). The molecule has 0 atom stereocenters. The molecule has 0 aliphatic carbocycles. The van der Waals surface area contributed by atoms with Crippen LogP contribution in [0, 0.1) is 0 Å². The van der Waals surface area contributed by atoms with Crippen LogP contribution in [0.5, 0.6) is 0 Å². The SMILES string of the molecule is COC(C)(C)CNC(=O)CCc1c[nH]c2ccccc12. The minimum Gasteiger partial charge on any atom is -0.377 e. The molecule has 1 aromatic carbocycles. The van der Waals surface area contributed by atoms with Crippen LogP contribution in [0.3, 0.4) is 0 Å². The molecule has 2 rings (SSSR count). The molecule has 4 heteroatoms. The summed E-state index contributed by atoms with van der Waals surface area (Å²) in [7, 11) is 1.65. The maximum Gasteiger partial charge on any atom is 0.220 e. The van der Waals surface area contributed by atoms with E-state index in [1.165, 1.54) is 10.9 Å². The third-order valence-corrected chi connectivity index (χ3v) is 3.56. The molecule has 0 bridgehead atoms. The number of benzene rings is 1. The largest absolute Gasteiger partial charge is 0.377 e. The number of fused-ring (bicyclic) bond motifs is 1. The van der Waals surface area contributed by atoms with E-state index >= 15 is 0 Å². The summed E-state index contributed by atoms with van der Waals surface area (Å²) in [6.45, 7) is 4.43.